The number of halogens is 1. The largest absolute Gasteiger partial charge is 0.381 e. The molecule has 1 saturated heterocycles. The predicted molar refractivity (Wildman–Crippen MR) is 64.4 cm³/mol. The summed E-state index contributed by atoms with van der Waals surface area (Å²) in [5.41, 5.74) is 2.90. The minimum absolute atomic E-state index is 0.372. The van der Waals surface area contributed by atoms with Gasteiger partial charge < -0.3 is 4.74 Å². The van der Waals surface area contributed by atoms with E-state index in [9.17, 15) is 0 Å². The van der Waals surface area contributed by atoms with E-state index in [1.165, 1.54) is 0 Å². The Bertz CT molecular complexity index is 536. The van der Waals surface area contributed by atoms with Gasteiger partial charge in [0.2, 0.25) is 0 Å². The molecule has 1 fully saturated rings. The van der Waals surface area contributed by atoms with E-state index in [0.29, 0.717) is 11.1 Å². The van der Waals surface area contributed by atoms with Crippen LogP contribution in [0.3, 0.4) is 0 Å². The van der Waals surface area contributed by atoms with Crippen molar-refractivity contribution in [2.45, 2.75) is 12.3 Å². The molecule has 0 spiro atoms. The summed E-state index contributed by atoms with van der Waals surface area (Å²) < 4.78 is 7.03. The Kier molecular flexibility index (Phi) is 2.37. The summed E-state index contributed by atoms with van der Waals surface area (Å²) in [6.45, 7) is 1.56. The lowest BCUT2D eigenvalue weighted by Crippen LogP contribution is -2.08. The first-order valence-electron chi connectivity index (χ1n) is 5.34. The summed E-state index contributed by atoms with van der Waals surface area (Å²) in [4.78, 5) is 4.61. The van der Waals surface area contributed by atoms with Gasteiger partial charge in [-0.2, -0.15) is 5.10 Å². The first-order valence-corrected chi connectivity index (χ1v) is 5.72. The van der Waals surface area contributed by atoms with Crippen molar-refractivity contribution in [3.63, 3.8) is 0 Å². The lowest BCUT2D eigenvalue weighted by Gasteiger charge is -2.08. The van der Waals surface area contributed by atoms with Crippen LogP contribution in [0.4, 0.5) is 0 Å². The third-order valence-electron chi connectivity index (χ3n) is 2.97. The molecule has 3 heterocycles. The zero-order valence-electron chi connectivity index (χ0n) is 8.98. The summed E-state index contributed by atoms with van der Waals surface area (Å²) in [7, 11) is 1.99. The Labute approximate surface area is 99.0 Å². The van der Waals surface area contributed by atoms with Gasteiger partial charge in [0.25, 0.3) is 0 Å². The van der Waals surface area contributed by atoms with Crippen molar-refractivity contribution >= 4 is 30.6 Å². The number of ether oxygens (including phenoxy) is 1. The van der Waals surface area contributed by atoms with Crippen LogP contribution in [0.25, 0.3) is 5.65 Å². The van der Waals surface area contributed by atoms with Gasteiger partial charge in [0.15, 0.2) is 5.65 Å². The van der Waals surface area contributed by atoms with Crippen LogP contribution in [0.15, 0.2) is 12.3 Å². The molecule has 3 rings (SSSR count). The van der Waals surface area contributed by atoms with Gasteiger partial charge in [0.1, 0.15) is 13.0 Å². The van der Waals surface area contributed by atoms with Crippen molar-refractivity contribution in [3.05, 3.63) is 23.1 Å². The zero-order chi connectivity index (χ0) is 11.1. The van der Waals surface area contributed by atoms with Gasteiger partial charge in [0, 0.05) is 18.7 Å². The lowest BCUT2D eigenvalue weighted by atomic mass is 10.00. The van der Waals surface area contributed by atoms with E-state index in [1.54, 1.807) is 10.7 Å². The average molecular weight is 235 g/mol. The molecule has 1 aliphatic rings. The molecule has 0 bridgehead atoms. The summed E-state index contributed by atoms with van der Waals surface area (Å²) in [6.07, 6.45) is 2.80. The normalized spacial score (nSPS) is 20.7. The fourth-order valence-corrected chi connectivity index (χ4v) is 2.27. The number of hydrogen-bond donors (Lipinski definition) is 0. The molecule has 1 aliphatic heterocycles. The third kappa shape index (κ3) is 1.51. The third-order valence-corrected chi connectivity index (χ3v) is 3.24. The van der Waals surface area contributed by atoms with Crippen molar-refractivity contribution in [3.8, 4) is 0 Å². The number of nitrogens with zero attached hydrogens (tertiary/aromatic N) is 3. The number of rotatable bonds is 1. The highest BCUT2D eigenvalue weighted by atomic mass is 35.5. The van der Waals surface area contributed by atoms with Crippen molar-refractivity contribution < 1.29 is 4.74 Å². The fraction of sp³-hybridized carbons (Fsp3) is 0.400. The highest BCUT2D eigenvalue weighted by Gasteiger charge is 2.20. The first kappa shape index (κ1) is 10.1. The molecule has 0 aromatic carbocycles. The summed E-state index contributed by atoms with van der Waals surface area (Å²) in [6, 6.07) is 1.89. The molecule has 16 heavy (non-hydrogen) atoms. The van der Waals surface area contributed by atoms with E-state index in [1.807, 2.05) is 13.9 Å². The maximum absolute atomic E-state index is 6.17. The molecular formula is C10H11BClN3O. The Morgan fingerprint density at radius 1 is 1.56 bits per heavy atom. The summed E-state index contributed by atoms with van der Waals surface area (Å²) >= 11 is 6.17. The molecule has 82 valence electrons. The van der Waals surface area contributed by atoms with Gasteiger partial charge in [-0.15, -0.1) is 0 Å². The molecule has 2 aromatic heterocycles. The second kappa shape index (κ2) is 3.75. The SMILES string of the molecule is Bc1cnn2c(Cl)cc(C3CCOC3)nc12. The molecule has 1 unspecified atom stereocenters. The van der Waals surface area contributed by atoms with Crippen LogP contribution in [0.1, 0.15) is 18.0 Å². The van der Waals surface area contributed by atoms with Crippen LogP contribution in [0.5, 0.6) is 0 Å². The van der Waals surface area contributed by atoms with Crippen molar-refractivity contribution in [2.75, 3.05) is 13.2 Å². The maximum atomic E-state index is 6.17. The van der Waals surface area contributed by atoms with Crippen molar-refractivity contribution in [2.24, 2.45) is 0 Å². The fourth-order valence-electron chi connectivity index (χ4n) is 2.03. The minimum Gasteiger partial charge on any atom is -0.381 e. The molecule has 1 atom stereocenters. The zero-order valence-corrected chi connectivity index (χ0v) is 9.74. The number of hydrogen-bond acceptors (Lipinski definition) is 3. The lowest BCUT2D eigenvalue weighted by molar-refractivity contribution is 0.193. The highest BCUT2D eigenvalue weighted by molar-refractivity contribution is 6.36. The van der Waals surface area contributed by atoms with Gasteiger partial charge >= 0.3 is 0 Å². The Morgan fingerprint density at radius 2 is 2.44 bits per heavy atom. The van der Waals surface area contributed by atoms with Gasteiger partial charge in [-0.05, 0) is 17.9 Å². The van der Waals surface area contributed by atoms with E-state index in [4.69, 9.17) is 16.3 Å². The van der Waals surface area contributed by atoms with Gasteiger partial charge in [-0.3, -0.25) is 0 Å². The molecule has 0 saturated carbocycles. The Hall–Kier alpha value is -1.07. The topological polar surface area (TPSA) is 39.4 Å². The van der Waals surface area contributed by atoms with Crippen LogP contribution < -0.4 is 5.46 Å². The van der Waals surface area contributed by atoms with E-state index in [-0.39, 0.29) is 0 Å². The van der Waals surface area contributed by atoms with Gasteiger partial charge in [0.05, 0.1) is 12.3 Å². The Balaban J connectivity index is 2.15. The molecule has 0 aliphatic carbocycles. The maximum Gasteiger partial charge on any atom is 0.150 e. The highest BCUT2D eigenvalue weighted by Crippen LogP contribution is 2.25. The summed E-state index contributed by atoms with van der Waals surface area (Å²) in [5.74, 6) is 0.372. The van der Waals surface area contributed by atoms with Crippen molar-refractivity contribution in [1.82, 2.24) is 14.6 Å². The number of aromatic nitrogens is 3. The smallest absolute Gasteiger partial charge is 0.150 e. The van der Waals surface area contributed by atoms with E-state index in [2.05, 4.69) is 10.1 Å². The quantitative estimate of drug-likeness (QED) is 0.522. The number of fused-ring (bicyclic) bond motifs is 1. The standard InChI is InChI=1S/C10H11BClN3O/c11-7-4-13-15-9(12)3-8(14-10(7)15)6-1-2-16-5-6/h3-4,6H,1-2,5,11H2. The van der Waals surface area contributed by atoms with Crippen LogP contribution in [0.2, 0.25) is 5.15 Å². The second-order valence-corrected chi connectivity index (χ2v) is 4.51. The summed E-state index contributed by atoms with van der Waals surface area (Å²) in [5, 5.41) is 4.79. The van der Waals surface area contributed by atoms with Crippen LogP contribution >= 0.6 is 11.6 Å². The van der Waals surface area contributed by atoms with Crippen molar-refractivity contribution in [1.29, 1.82) is 0 Å². The van der Waals surface area contributed by atoms with Crippen LogP contribution in [-0.2, 0) is 4.74 Å². The molecule has 0 amide bonds. The first-order chi connectivity index (χ1) is 7.75. The van der Waals surface area contributed by atoms with Gasteiger partial charge in [-0.25, -0.2) is 9.50 Å². The molecule has 0 N–H and O–H groups in total. The molecule has 4 nitrogen and oxygen atoms in total. The average Bonchev–Trinajstić information content (AvgIpc) is 2.88. The van der Waals surface area contributed by atoms with Crippen LogP contribution in [-0.4, -0.2) is 35.7 Å². The second-order valence-electron chi connectivity index (χ2n) is 4.13. The molecule has 6 heteroatoms. The van der Waals surface area contributed by atoms with E-state index in [0.717, 1.165) is 36.4 Å². The Morgan fingerprint density at radius 3 is 3.19 bits per heavy atom. The predicted octanol–water partition coefficient (Wildman–Crippen LogP) is 0.145. The monoisotopic (exact) mass is 235 g/mol. The van der Waals surface area contributed by atoms with Gasteiger partial charge in [-0.1, -0.05) is 11.6 Å². The molecule has 0 radical (unpaired) electrons. The van der Waals surface area contributed by atoms with E-state index >= 15 is 0 Å². The van der Waals surface area contributed by atoms with Crippen LogP contribution in [0, 0.1) is 0 Å². The molecular weight excluding hydrogens is 224 g/mol. The molecule has 2 aromatic rings. The minimum atomic E-state index is 0.372. The van der Waals surface area contributed by atoms with E-state index < -0.39 is 0 Å².